The molecule has 1 aliphatic rings. The van der Waals surface area contributed by atoms with Gasteiger partial charge in [0, 0.05) is 27.5 Å². The Morgan fingerprint density at radius 1 is 0.487 bits per heavy atom. The molecule has 0 fully saturated rings. The number of para-hydroxylation sites is 1. The summed E-state index contributed by atoms with van der Waals surface area (Å²) in [6, 6.07) is 39.5. The third-order valence-corrected chi connectivity index (χ3v) is 7.63. The zero-order chi connectivity index (χ0) is 25.8. The van der Waals surface area contributed by atoms with Crippen molar-refractivity contribution in [3.63, 3.8) is 0 Å². The molecule has 4 heteroatoms. The Morgan fingerprint density at radius 2 is 1.10 bits per heavy atom. The predicted molar refractivity (Wildman–Crippen MR) is 156 cm³/mol. The molecule has 5 aromatic carbocycles. The molecular formula is C35H23N3O. The van der Waals surface area contributed by atoms with E-state index in [0.29, 0.717) is 17.5 Å². The molecule has 2 heterocycles. The van der Waals surface area contributed by atoms with Crippen LogP contribution < -0.4 is 0 Å². The zero-order valence-electron chi connectivity index (χ0n) is 21.1. The van der Waals surface area contributed by atoms with E-state index in [-0.39, 0.29) is 0 Å². The SMILES string of the molecule is c1ccc(-c2nc(-c3ccccc3)nc(-c3ccc4c(c3)CCc3ccc5oc6ccccc6c5c3-4)n2)cc1. The van der Waals surface area contributed by atoms with E-state index < -0.39 is 0 Å². The molecule has 0 saturated heterocycles. The molecule has 0 aliphatic heterocycles. The highest BCUT2D eigenvalue weighted by molar-refractivity contribution is 6.13. The van der Waals surface area contributed by atoms with Gasteiger partial charge in [0.15, 0.2) is 17.5 Å². The summed E-state index contributed by atoms with van der Waals surface area (Å²) in [5, 5.41) is 2.37. The predicted octanol–water partition coefficient (Wildman–Crippen LogP) is 8.54. The van der Waals surface area contributed by atoms with Crippen LogP contribution in [-0.2, 0) is 12.8 Å². The topological polar surface area (TPSA) is 51.8 Å². The fourth-order valence-corrected chi connectivity index (χ4v) is 5.77. The fraction of sp³-hybridized carbons (Fsp3) is 0.0571. The maximum absolute atomic E-state index is 6.21. The molecule has 2 aromatic heterocycles. The number of furan rings is 1. The van der Waals surface area contributed by atoms with Gasteiger partial charge >= 0.3 is 0 Å². The Balaban J connectivity index is 1.31. The van der Waals surface area contributed by atoms with Crippen molar-refractivity contribution in [2.45, 2.75) is 12.8 Å². The Hall–Kier alpha value is -5.09. The van der Waals surface area contributed by atoms with Crippen molar-refractivity contribution < 1.29 is 4.42 Å². The summed E-state index contributed by atoms with van der Waals surface area (Å²) < 4.78 is 6.21. The molecule has 4 nitrogen and oxygen atoms in total. The van der Waals surface area contributed by atoms with Crippen LogP contribution in [0.25, 0.3) is 67.2 Å². The first-order chi connectivity index (χ1) is 19.3. The number of benzene rings is 5. The van der Waals surface area contributed by atoms with Crippen molar-refractivity contribution in [1.29, 1.82) is 0 Å². The van der Waals surface area contributed by atoms with Gasteiger partial charge in [-0.05, 0) is 53.3 Å². The number of aromatic nitrogens is 3. The second kappa shape index (κ2) is 8.74. The van der Waals surface area contributed by atoms with Gasteiger partial charge in [0.05, 0.1) is 0 Å². The first-order valence-electron chi connectivity index (χ1n) is 13.3. The molecule has 0 N–H and O–H groups in total. The van der Waals surface area contributed by atoms with E-state index in [1.54, 1.807) is 0 Å². The van der Waals surface area contributed by atoms with E-state index in [1.165, 1.54) is 33.0 Å². The van der Waals surface area contributed by atoms with Crippen molar-refractivity contribution >= 4 is 21.9 Å². The van der Waals surface area contributed by atoms with Crippen LogP contribution in [0.1, 0.15) is 11.1 Å². The normalized spacial score (nSPS) is 12.4. The van der Waals surface area contributed by atoms with Crippen LogP contribution in [0.4, 0.5) is 0 Å². The monoisotopic (exact) mass is 501 g/mol. The van der Waals surface area contributed by atoms with E-state index >= 15 is 0 Å². The lowest BCUT2D eigenvalue weighted by Gasteiger charge is -2.21. The molecular weight excluding hydrogens is 478 g/mol. The van der Waals surface area contributed by atoms with Crippen LogP contribution in [-0.4, -0.2) is 15.0 Å². The summed E-state index contributed by atoms with van der Waals surface area (Å²) >= 11 is 0. The zero-order valence-corrected chi connectivity index (χ0v) is 21.1. The van der Waals surface area contributed by atoms with Crippen LogP contribution in [0.5, 0.6) is 0 Å². The first-order valence-corrected chi connectivity index (χ1v) is 13.3. The minimum atomic E-state index is 0.675. The molecule has 184 valence electrons. The van der Waals surface area contributed by atoms with Crippen LogP contribution in [0.2, 0.25) is 0 Å². The van der Waals surface area contributed by atoms with Gasteiger partial charge in [0.1, 0.15) is 11.2 Å². The fourth-order valence-electron chi connectivity index (χ4n) is 5.77. The van der Waals surface area contributed by atoms with Crippen molar-refractivity contribution in [3.05, 3.63) is 126 Å². The summed E-state index contributed by atoms with van der Waals surface area (Å²) in [6.07, 6.45) is 1.96. The summed E-state index contributed by atoms with van der Waals surface area (Å²) in [5.41, 5.74) is 10.0. The number of hydrogen-bond acceptors (Lipinski definition) is 4. The second-order valence-electron chi connectivity index (χ2n) is 9.98. The maximum atomic E-state index is 6.21. The van der Waals surface area contributed by atoms with E-state index in [0.717, 1.165) is 40.7 Å². The molecule has 0 atom stereocenters. The van der Waals surface area contributed by atoms with Crippen molar-refractivity contribution in [3.8, 4) is 45.3 Å². The Bertz CT molecular complexity index is 1950. The quantitative estimate of drug-likeness (QED) is 0.243. The lowest BCUT2D eigenvalue weighted by molar-refractivity contribution is 0.668. The lowest BCUT2D eigenvalue weighted by Crippen LogP contribution is -2.05. The van der Waals surface area contributed by atoms with Gasteiger partial charge in [-0.15, -0.1) is 0 Å². The highest BCUT2D eigenvalue weighted by Gasteiger charge is 2.23. The van der Waals surface area contributed by atoms with Gasteiger partial charge in [-0.3, -0.25) is 0 Å². The smallest absolute Gasteiger partial charge is 0.164 e. The summed E-state index contributed by atoms with van der Waals surface area (Å²) in [7, 11) is 0. The van der Waals surface area contributed by atoms with Crippen molar-refractivity contribution in [2.24, 2.45) is 0 Å². The van der Waals surface area contributed by atoms with Crippen molar-refractivity contribution in [2.75, 3.05) is 0 Å². The average molecular weight is 502 g/mol. The molecule has 1 aliphatic carbocycles. The van der Waals surface area contributed by atoms with Gasteiger partial charge in [0.25, 0.3) is 0 Å². The number of hydrogen-bond donors (Lipinski definition) is 0. The average Bonchev–Trinajstić information content (AvgIpc) is 3.40. The number of nitrogens with zero attached hydrogens (tertiary/aromatic N) is 3. The number of aryl methyl sites for hydroxylation is 2. The molecule has 8 rings (SSSR count). The minimum Gasteiger partial charge on any atom is -0.456 e. The number of fused-ring (bicyclic) bond motifs is 7. The summed E-state index contributed by atoms with van der Waals surface area (Å²) in [6.45, 7) is 0. The van der Waals surface area contributed by atoms with Gasteiger partial charge in [-0.25, -0.2) is 15.0 Å². The summed E-state index contributed by atoms with van der Waals surface area (Å²) in [5.74, 6) is 2.03. The highest BCUT2D eigenvalue weighted by Crippen LogP contribution is 2.43. The van der Waals surface area contributed by atoms with E-state index in [4.69, 9.17) is 19.4 Å². The molecule has 0 saturated carbocycles. The van der Waals surface area contributed by atoms with Crippen LogP contribution in [0.3, 0.4) is 0 Å². The lowest BCUT2D eigenvalue weighted by atomic mass is 9.82. The van der Waals surface area contributed by atoms with E-state index in [2.05, 4.69) is 42.5 Å². The Labute approximate surface area is 225 Å². The molecule has 0 unspecified atom stereocenters. The van der Waals surface area contributed by atoms with Crippen LogP contribution >= 0.6 is 0 Å². The number of rotatable bonds is 3. The summed E-state index contributed by atoms with van der Waals surface area (Å²) in [4.78, 5) is 14.7. The van der Waals surface area contributed by atoms with E-state index in [1.807, 2.05) is 72.8 Å². The Kier molecular flexibility index (Phi) is 4.92. The third-order valence-electron chi connectivity index (χ3n) is 7.63. The van der Waals surface area contributed by atoms with Crippen molar-refractivity contribution in [1.82, 2.24) is 15.0 Å². The van der Waals surface area contributed by atoms with Crippen LogP contribution in [0, 0.1) is 0 Å². The molecule has 39 heavy (non-hydrogen) atoms. The van der Waals surface area contributed by atoms with E-state index in [9.17, 15) is 0 Å². The Morgan fingerprint density at radius 3 is 1.82 bits per heavy atom. The highest BCUT2D eigenvalue weighted by atomic mass is 16.3. The molecule has 7 aromatic rings. The van der Waals surface area contributed by atoms with Gasteiger partial charge in [0.2, 0.25) is 0 Å². The maximum Gasteiger partial charge on any atom is 0.164 e. The second-order valence-corrected chi connectivity index (χ2v) is 9.98. The molecule has 0 bridgehead atoms. The van der Waals surface area contributed by atoms with Gasteiger partial charge in [-0.2, -0.15) is 0 Å². The molecule has 0 amide bonds. The first kappa shape index (κ1) is 21.9. The van der Waals surface area contributed by atoms with Gasteiger partial charge in [-0.1, -0.05) is 97.1 Å². The molecule has 0 radical (unpaired) electrons. The standard InChI is InChI=1S/C35H23N3O/c1-3-9-23(10-4-1)33-36-34(24-11-5-2-6-12-24)38-35(37-33)26-17-19-27-25(21-26)16-15-22-18-20-30-32(31(22)27)28-13-7-8-14-29(28)39-30/h1-14,17-21H,15-16H2. The minimum absolute atomic E-state index is 0.675. The van der Waals surface area contributed by atoms with Gasteiger partial charge < -0.3 is 4.42 Å². The largest absolute Gasteiger partial charge is 0.456 e. The van der Waals surface area contributed by atoms with Crippen LogP contribution in [0.15, 0.2) is 120 Å². The molecule has 0 spiro atoms. The third kappa shape index (κ3) is 3.64.